The maximum Gasteiger partial charge on any atom is 0.0799 e. The van der Waals surface area contributed by atoms with Crippen molar-refractivity contribution in [1.29, 1.82) is 0 Å². The molecule has 1 rings (SSSR count). The molecular weight excluding hydrogens is 138 g/mol. The monoisotopic (exact) mass is 145 g/mol. The zero-order valence-corrected chi connectivity index (χ0v) is 6.07. The van der Waals surface area contributed by atoms with E-state index in [-0.39, 0.29) is 4.08 Å². The highest BCUT2D eigenvalue weighted by Crippen LogP contribution is 2.26. The van der Waals surface area contributed by atoms with Crippen molar-refractivity contribution < 1.29 is 0 Å². The quantitative estimate of drug-likeness (QED) is 0.379. The fourth-order valence-electron chi connectivity index (χ4n) is 0.478. The van der Waals surface area contributed by atoms with E-state index in [1.165, 1.54) is 0 Å². The molecule has 0 aromatic carbocycles. The van der Waals surface area contributed by atoms with Gasteiger partial charge in [-0.15, -0.1) is 0 Å². The van der Waals surface area contributed by atoms with Crippen molar-refractivity contribution in [2.45, 2.75) is 10.5 Å². The van der Waals surface area contributed by atoms with E-state index in [9.17, 15) is 0 Å². The van der Waals surface area contributed by atoms with Gasteiger partial charge in [0.25, 0.3) is 0 Å². The van der Waals surface area contributed by atoms with Crippen molar-refractivity contribution in [3.8, 4) is 0 Å². The number of nitrogens with zero attached hydrogens (tertiary/aromatic N) is 1. The second-order valence-electron chi connectivity index (χ2n) is 1.73. The summed E-state index contributed by atoms with van der Waals surface area (Å²) in [6.07, 6.45) is 6.18. The second-order valence-corrected chi connectivity index (χ2v) is 3.68. The van der Waals surface area contributed by atoms with E-state index in [1.807, 2.05) is 6.08 Å². The van der Waals surface area contributed by atoms with Crippen LogP contribution in [-0.2, 0) is 0 Å². The van der Waals surface area contributed by atoms with Crippen LogP contribution in [0.5, 0.6) is 0 Å². The molecular formula is C5H7NS2. The van der Waals surface area contributed by atoms with E-state index in [0.29, 0.717) is 0 Å². The summed E-state index contributed by atoms with van der Waals surface area (Å²) >= 11 is 8.41. The average molecular weight is 145 g/mol. The fourth-order valence-corrected chi connectivity index (χ4v) is 0.775. The van der Waals surface area contributed by atoms with Crippen LogP contribution in [0.15, 0.2) is 17.3 Å². The second kappa shape index (κ2) is 2.15. The van der Waals surface area contributed by atoms with Gasteiger partial charge in [0.1, 0.15) is 0 Å². The first-order chi connectivity index (χ1) is 3.71. The molecule has 0 unspecified atom stereocenters. The first-order valence-electron chi connectivity index (χ1n) is 2.35. The van der Waals surface area contributed by atoms with Gasteiger partial charge in [-0.1, -0.05) is 0 Å². The Bertz CT molecular complexity index is 137. The first kappa shape index (κ1) is 6.23. The molecule has 1 aliphatic heterocycles. The van der Waals surface area contributed by atoms with Crippen LogP contribution in [0.2, 0.25) is 0 Å². The molecule has 0 radical (unpaired) electrons. The van der Waals surface area contributed by atoms with Gasteiger partial charge in [0.2, 0.25) is 0 Å². The van der Waals surface area contributed by atoms with Crippen LogP contribution in [0.1, 0.15) is 6.42 Å². The molecule has 0 atom stereocenters. The molecule has 3 heteroatoms. The van der Waals surface area contributed by atoms with Crippen molar-refractivity contribution in [3.63, 3.8) is 0 Å². The van der Waals surface area contributed by atoms with E-state index in [4.69, 9.17) is 0 Å². The van der Waals surface area contributed by atoms with Gasteiger partial charge >= 0.3 is 0 Å². The minimum absolute atomic E-state index is 0.262. The van der Waals surface area contributed by atoms with Gasteiger partial charge in [-0.05, 0) is 6.08 Å². The number of aliphatic imine (C=N–C) groups is 1. The molecule has 8 heavy (non-hydrogen) atoms. The summed E-state index contributed by atoms with van der Waals surface area (Å²) in [6.45, 7) is 0. The first-order valence-corrected chi connectivity index (χ1v) is 3.24. The molecule has 1 nitrogen and oxygen atoms in total. The van der Waals surface area contributed by atoms with E-state index < -0.39 is 0 Å². The summed E-state index contributed by atoms with van der Waals surface area (Å²) in [7, 11) is 0. The molecule has 0 bridgehead atoms. The molecule has 1 heterocycles. The van der Waals surface area contributed by atoms with Crippen LogP contribution in [0.3, 0.4) is 0 Å². The molecule has 0 aliphatic carbocycles. The fraction of sp³-hybridized carbons (Fsp3) is 0.400. The van der Waals surface area contributed by atoms with Gasteiger partial charge in [-0.2, -0.15) is 25.3 Å². The number of hydrogen-bond donors (Lipinski definition) is 2. The van der Waals surface area contributed by atoms with E-state index >= 15 is 0 Å². The lowest BCUT2D eigenvalue weighted by molar-refractivity contribution is 1.05. The number of hydrogen-bond acceptors (Lipinski definition) is 3. The van der Waals surface area contributed by atoms with Crippen molar-refractivity contribution in [2.75, 3.05) is 0 Å². The highest BCUT2D eigenvalue weighted by Gasteiger charge is 2.15. The summed E-state index contributed by atoms with van der Waals surface area (Å²) in [5.74, 6) is 0. The van der Waals surface area contributed by atoms with Crippen molar-refractivity contribution in [2.24, 2.45) is 4.99 Å². The molecule has 0 fully saturated rings. The summed E-state index contributed by atoms with van der Waals surface area (Å²) < 4.78 is -0.262. The van der Waals surface area contributed by atoms with Crippen LogP contribution in [0.4, 0.5) is 0 Å². The third-order valence-electron chi connectivity index (χ3n) is 0.925. The van der Waals surface area contributed by atoms with E-state index in [1.54, 1.807) is 12.4 Å². The molecule has 0 aromatic rings. The lowest BCUT2D eigenvalue weighted by atomic mass is 10.3. The van der Waals surface area contributed by atoms with Gasteiger partial charge in [-0.3, -0.25) is 4.99 Å². The zero-order chi connectivity index (χ0) is 6.04. The Kier molecular flexibility index (Phi) is 1.68. The van der Waals surface area contributed by atoms with Crippen LogP contribution >= 0.6 is 25.3 Å². The Balaban J connectivity index is 2.65. The summed E-state index contributed by atoms with van der Waals surface area (Å²) in [5.41, 5.74) is 0. The Morgan fingerprint density at radius 3 is 2.50 bits per heavy atom. The third kappa shape index (κ3) is 1.56. The van der Waals surface area contributed by atoms with Gasteiger partial charge in [0, 0.05) is 18.8 Å². The van der Waals surface area contributed by atoms with Gasteiger partial charge in [0.05, 0.1) is 4.08 Å². The predicted molar refractivity (Wildman–Crippen MR) is 43.0 cm³/mol. The Hall–Kier alpha value is 0.110. The Morgan fingerprint density at radius 1 is 1.50 bits per heavy atom. The highest BCUT2D eigenvalue weighted by molar-refractivity contribution is 8.00. The molecule has 1 aliphatic rings. The van der Waals surface area contributed by atoms with Crippen LogP contribution in [0.25, 0.3) is 0 Å². The topological polar surface area (TPSA) is 12.4 Å². The standard InChI is InChI=1S/C5H7NS2/c7-5(8)1-3-6-4-2-5/h1,3-4,7-8H,2H2. The minimum atomic E-state index is -0.262. The molecule has 44 valence electrons. The lowest BCUT2D eigenvalue weighted by Crippen LogP contribution is -2.11. The molecule has 0 amide bonds. The SMILES string of the molecule is SC1(S)C=CN=CC1. The Morgan fingerprint density at radius 2 is 2.25 bits per heavy atom. The number of rotatable bonds is 0. The largest absolute Gasteiger partial charge is 0.269 e. The number of thiol groups is 2. The van der Waals surface area contributed by atoms with Gasteiger partial charge in [0.15, 0.2) is 0 Å². The minimum Gasteiger partial charge on any atom is -0.269 e. The molecule has 0 saturated heterocycles. The smallest absolute Gasteiger partial charge is 0.0799 e. The van der Waals surface area contributed by atoms with Crippen molar-refractivity contribution in [1.82, 2.24) is 0 Å². The van der Waals surface area contributed by atoms with Crippen LogP contribution < -0.4 is 0 Å². The van der Waals surface area contributed by atoms with Crippen molar-refractivity contribution in [3.05, 3.63) is 12.3 Å². The van der Waals surface area contributed by atoms with Gasteiger partial charge < -0.3 is 0 Å². The van der Waals surface area contributed by atoms with E-state index in [2.05, 4.69) is 30.2 Å². The maximum atomic E-state index is 4.20. The predicted octanol–water partition coefficient (Wildman–Crippen LogP) is 1.53. The molecule has 0 N–H and O–H groups in total. The molecule has 0 spiro atoms. The maximum absolute atomic E-state index is 4.20. The van der Waals surface area contributed by atoms with Gasteiger partial charge in [-0.25, -0.2) is 0 Å². The third-order valence-corrected chi connectivity index (χ3v) is 1.59. The summed E-state index contributed by atoms with van der Waals surface area (Å²) in [6, 6.07) is 0. The van der Waals surface area contributed by atoms with Crippen LogP contribution in [-0.4, -0.2) is 10.3 Å². The summed E-state index contributed by atoms with van der Waals surface area (Å²) in [5, 5.41) is 0. The Labute approximate surface area is 59.7 Å². The highest BCUT2D eigenvalue weighted by atomic mass is 32.2. The molecule has 0 saturated carbocycles. The summed E-state index contributed by atoms with van der Waals surface area (Å²) in [4.78, 5) is 3.87. The zero-order valence-electron chi connectivity index (χ0n) is 4.28. The normalized spacial score (nSPS) is 23.8. The van der Waals surface area contributed by atoms with Crippen molar-refractivity contribution >= 4 is 31.5 Å². The molecule has 0 aromatic heterocycles. The van der Waals surface area contributed by atoms with E-state index in [0.717, 1.165) is 6.42 Å². The lowest BCUT2D eigenvalue weighted by Gasteiger charge is -2.16. The average Bonchev–Trinajstić information content (AvgIpc) is 1.65. The van der Waals surface area contributed by atoms with Crippen LogP contribution in [0, 0.1) is 0 Å².